The Kier molecular flexibility index (Phi) is 4.99. The lowest BCUT2D eigenvalue weighted by Crippen LogP contribution is -2.37. The van der Waals surface area contributed by atoms with Gasteiger partial charge in [-0.2, -0.15) is 0 Å². The first-order chi connectivity index (χ1) is 10.5. The fraction of sp³-hybridized carbons (Fsp3) is 0.294. The number of aryl methyl sites for hydroxylation is 2. The van der Waals surface area contributed by atoms with Gasteiger partial charge in [0, 0.05) is 12.6 Å². The third-order valence-corrected chi connectivity index (χ3v) is 3.57. The number of rotatable bonds is 5. The summed E-state index contributed by atoms with van der Waals surface area (Å²) in [5.41, 5.74) is 2.74. The number of hydrogen-bond acceptors (Lipinski definition) is 3. The molecule has 0 aliphatic rings. The molecule has 2 aromatic rings. The number of furan rings is 1. The number of carbonyl (C=O) groups is 2. The Labute approximate surface area is 129 Å². The van der Waals surface area contributed by atoms with Crippen LogP contribution in [0, 0.1) is 13.8 Å². The number of nitrogens with one attached hydrogen (secondary N) is 1. The summed E-state index contributed by atoms with van der Waals surface area (Å²) in [4.78, 5) is 25.6. The highest BCUT2D eigenvalue weighted by atomic mass is 16.3. The second-order valence-electron chi connectivity index (χ2n) is 5.31. The minimum absolute atomic E-state index is 0.0387. The Balaban J connectivity index is 1.87. The first-order valence-electron chi connectivity index (χ1n) is 7.09. The fourth-order valence-electron chi connectivity index (χ4n) is 2.00. The van der Waals surface area contributed by atoms with E-state index in [1.165, 1.54) is 4.90 Å². The molecule has 22 heavy (non-hydrogen) atoms. The molecule has 0 aliphatic carbocycles. The Morgan fingerprint density at radius 1 is 1.18 bits per heavy atom. The third kappa shape index (κ3) is 3.97. The molecule has 2 rings (SSSR count). The number of likely N-dealkylation sites (N-methyl/N-ethyl adjacent to an activating group) is 1. The van der Waals surface area contributed by atoms with Gasteiger partial charge in [-0.3, -0.25) is 9.59 Å². The lowest BCUT2D eigenvalue weighted by molar-refractivity contribution is -0.129. The number of nitrogens with zero attached hydrogens (tertiary/aromatic N) is 1. The van der Waals surface area contributed by atoms with Crippen molar-refractivity contribution in [3.05, 3.63) is 59.0 Å². The van der Waals surface area contributed by atoms with Crippen LogP contribution in [0.25, 0.3) is 0 Å². The predicted molar refractivity (Wildman–Crippen MR) is 83.4 cm³/mol. The molecule has 0 radical (unpaired) electrons. The van der Waals surface area contributed by atoms with Gasteiger partial charge in [-0.1, -0.05) is 6.07 Å². The lowest BCUT2D eigenvalue weighted by Gasteiger charge is -2.16. The highest BCUT2D eigenvalue weighted by Crippen LogP contribution is 2.09. The molecule has 2 amide bonds. The summed E-state index contributed by atoms with van der Waals surface area (Å²) in [5.74, 6) is 0.285. The van der Waals surface area contributed by atoms with E-state index in [9.17, 15) is 9.59 Å². The average Bonchev–Trinajstić information content (AvgIpc) is 3.00. The van der Waals surface area contributed by atoms with Crippen LogP contribution in [0.2, 0.25) is 0 Å². The standard InChI is InChI=1S/C17H20N2O3/c1-12-6-7-14(9-13(12)2)17(21)18-10-16(20)19(3)11-15-5-4-8-22-15/h4-9H,10-11H2,1-3H3,(H,18,21). The third-order valence-electron chi connectivity index (χ3n) is 3.57. The largest absolute Gasteiger partial charge is 0.467 e. The highest BCUT2D eigenvalue weighted by molar-refractivity contribution is 5.96. The van der Waals surface area contributed by atoms with E-state index in [1.54, 1.807) is 31.5 Å². The number of benzene rings is 1. The van der Waals surface area contributed by atoms with Gasteiger partial charge in [-0.25, -0.2) is 0 Å². The molecule has 5 nitrogen and oxygen atoms in total. The molecule has 0 unspecified atom stereocenters. The SMILES string of the molecule is Cc1ccc(C(=O)NCC(=O)N(C)Cc2ccco2)cc1C. The molecule has 1 aromatic heterocycles. The van der Waals surface area contributed by atoms with E-state index >= 15 is 0 Å². The van der Waals surface area contributed by atoms with Gasteiger partial charge in [0.25, 0.3) is 5.91 Å². The van der Waals surface area contributed by atoms with Gasteiger partial charge in [0.15, 0.2) is 0 Å². The number of hydrogen-bond donors (Lipinski definition) is 1. The summed E-state index contributed by atoms with van der Waals surface area (Å²) in [6.45, 7) is 4.28. The van der Waals surface area contributed by atoms with Crippen LogP contribution >= 0.6 is 0 Å². The highest BCUT2D eigenvalue weighted by Gasteiger charge is 2.13. The van der Waals surface area contributed by atoms with E-state index in [2.05, 4.69) is 5.32 Å². The van der Waals surface area contributed by atoms with Crippen LogP contribution in [0.5, 0.6) is 0 Å². The fourth-order valence-corrected chi connectivity index (χ4v) is 2.00. The normalized spacial score (nSPS) is 10.3. The zero-order valence-corrected chi connectivity index (χ0v) is 13.1. The van der Waals surface area contributed by atoms with E-state index in [1.807, 2.05) is 26.0 Å². The van der Waals surface area contributed by atoms with Crippen molar-refractivity contribution in [1.82, 2.24) is 10.2 Å². The van der Waals surface area contributed by atoms with Gasteiger partial charge in [-0.05, 0) is 49.2 Å². The summed E-state index contributed by atoms with van der Waals surface area (Å²) < 4.78 is 5.19. The maximum absolute atomic E-state index is 12.1. The second kappa shape index (κ2) is 6.93. The topological polar surface area (TPSA) is 62.6 Å². The minimum atomic E-state index is -0.247. The predicted octanol–water partition coefficient (Wildman–Crippen LogP) is 2.28. The van der Waals surface area contributed by atoms with Gasteiger partial charge < -0.3 is 14.6 Å². The maximum Gasteiger partial charge on any atom is 0.251 e. The van der Waals surface area contributed by atoms with E-state index in [-0.39, 0.29) is 18.4 Å². The molecule has 0 atom stereocenters. The van der Waals surface area contributed by atoms with E-state index in [0.717, 1.165) is 11.1 Å². The molecular weight excluding hydrogens is 280 g/mol. The lowest BCUT2D eigenvalue weighted by atomic mass is 10.1. The summed E-state index contributed by atoms with van der Waals surface area (Å²) in [5, 5.41) is 2.65. The van der Waals surface area contributed by atoms with Crippen LogP contribution in [0.1, 0.15) is 27.2 Å². The summed E-state index contributed by atoms with van der Waals surface area (Å²) >= 11 is 0. The van der Waals surface area contributed by atoms with Crippen LogP contribution in [0.3, 0.4) is 0 Å². The summed E-state index contributed by atoms with van der Waals surface area (Å²) in [7, 11) is 1.67. The van der Waals surface area contributed by atoms with Crippen molar-refractivity contribution in [2.24, 2.45) is 0 Å². The summed E-state index contributed by atoms with van der Waals surface area (Å²) in [6, 6.07) is 9.05. The van der Waals surface area contributed by atoms with Crippen molar-refractivity contribution in [3.8, 4) is 0 Å². The van der Waals surface area contributed by atoms with Crippen molar-refractivity contribution in [2.45, 2.75) is 20.4 Å². The Bertz CT molecular complexity index is 663. The van der Waals surface area contributed by atoms with Crippen molar-refractivity contribution in [2.75, 3.05) is 13.6 Å². The zero-order chi connectivity index (χ0) is 16.1. The number of carbonyl (C=O) groups excluding carboxylic acids is 2. The van der Waals surface area contributed by atoms with Gasteiger partial charge in [0.05, 0.1) is 19.4 Å². The molecule has 0 saturated heterocycles. The van der Waals surface area contributed by atoms with Crippen molar-refractivity contribution in [3.63, 3.8) is 0 Å². The van der Waals surface area contributed by atoms with Crippen molar-refractivity contribution < 1.29 is 14.0 Å². The van der Waals surface area contributed by atoms with Crippen molar-refractivity contribution >= 4 is 11.8 Å². The van der Waals surface area contributed by atoms with Gasteiger partial charge in [0.2, 0.25) is 5.91 Å². The second-order valence-corrected chi connectivity index (χ2v) is 5.31. The Morgan fingerprint density at radius 3 is 2.59 bits per heavy atom. The molecule has 0 aliphatic heterocycles. The van der Waals surface area contributed by atoms with Crippen molar-refractivity contribution in [1.29, 1.82) is 0 Å². The molecule has 116 valence electrons. The first-order valence-corrected chi connectivity index (χ1v) is 7.09. The molecule has 0 fully saturated rings. The van der Waals surface area contributed by atoms with Crippen LogP contribution in [0.4, 0.5) is 0 Å². The van der Waals surface area contributed by atoms with Crippen LogP contribution in [-0.2, 0) is 11.3 Å². The quantitative estimate of drug-likeness (QED) is 0.921. The van der Waals surface area contributed by atoms with E-state index in [0.29, 0.717) is 17.9 Å². The van der Waals surface area contributed by atoms with E-state index < -0.39 is 0 Å². The molecule has 0 saturated carbocycles. The molecule has 1 aromatic carbocycles. The maximum atomic E-state index is 12.1. The summed E-state index contributed by atoms with van der Waals surface area (Å²) in [6.07, 6.45) is 1.56. The number of amides is 2. The average molecular weight is 300 g/mol. The van der Waals surface area contributed by atoms with Crippen LogP contribution < -0.4 is 5.32 Å². The smallest absolute Gasteiger partial charge is 0.251 e. The zero-order valence-electron chi connectivity index (χ0n) is 13.1. The molecule has 0 bridgehead atoms. The van der Waals surface area contributed by atoms with Gasteiger partial charge in [-0.15, -0.1) is 0 Å². The molecular formula is C17H20N2O3. The van der Waals surface area contributed by atoms with E-state index in [4.69, 9.17) is 4.42 Å². The molecule has 1 heterocycles. The molecule has 5 heteroatoms. The molecule has 0 spiro atoms. The Hall–Kier alpha value is -2.56. The van der Waals surface area contributed by atoms with Crippen LogP contribution in [-0.4, -0.2) is 30.3 Å². The van der Waals surface area contributed by atoms with Gasteiger partial charge >= 0.3 is 0 Å². The van der Waals surface area contributed by atoms with Crippen LogP contribution in [0.15, 0.2) is 41.0 Å². The Morgan fingerprint density at radius 2 is 1.95 bits per heavy atom. The first kappa shape index (κ1) is 15.8. The molecule has 1 N–H and O–H groups in total. The minimum Gasteiger partial charge on any atom is -0.467 e. The van der Waals surface area contributed by atoms with Gasteiger partial charge in [0.1, 0.15) is 5.76 Å². The monoisotopic (exact) mass is 300 g/mol.